The van der Waals surface area contributed by atoms with Crippen LogP contribution in [0.5, 0.6) is 23.0 Å². The SMILES string of the molecule is CCNC(=NCc1cc(OC)c(OC)c(OC)c1)NCC(C)Oc1cccc(C)c1. The molecule has 0 radical (unpaired) electrons. The molecule has 164 valence electrons. The summed E-state index contributed by atoms with van der Waals surface area (Å²) >= 11 is 0. The van der Waals surface area contributed by atoms with E-state index in [9.17, 15) is 0 Å². The van der Waals surface area contributed by atoms with Crippen LogP contribution in [0.25, 0.3) is 0 Å². The molecule has 0 aliphatic carbocycles. The van der Waals surface area contributed by atoms with Crippen LogP contribution in [0.3, 0.4) is 0 Å². The molecule has 2 aromatic carbocycles. The Hall–Kier alpha value is -3.09. The van der Waals surface area contributed by atoms with Gasteiger partial charge < -0.3 is 29.6 Å². The smallest absolute Gasteiger partial charge is 0.203 e. The van der Waals surface area contributed by atoms with Gasteiger partial charge in [0.1, 0.15) is 11.9 Å². The summed E-state index contributed by atoms with van der Waals surface area (Å²) in [5.74, 6) is 3.37. The number of methoxy groups -OCH3 is 3. The van der Waals surface area contributed by atoms with Crippen molar-refractivity contribution in [2.45, 2.75) is 33.4 Å². The number of aryl methyl sites for hydroxylation is 1. The van der Waals surface area contributed by atoms with Crippen LogP contribution in [-0.4, -0.2) is 46.5 Å². The van der Waals surface area contributed by atoms with Gasteiger partial charge in [0.05, 0.1) is 34.4 Å². The molecule has 0 aliphatic rings. The Bertz CT molecular complexity index is 814. The van der Waals surface area contributed by atoms with E-state index in [1.165, 1.54) is 5.56 Å². The summed E-state index contributed by atoms with van der Waals surface area (Å²) in [4.78, 5) is 4.67. The van der Waals surface area contributed by atoms with Crippen LogP contribution in [0.4, 0.5) is 0 Å². The molecule has 2 aromatic rings. The molecule has 0 saturated carbocycles. The third kappa shape index (κ3) is 6.76. The minimum atomic E-state index is -0.0168. The average Bonchev–Trinajstić information content (AvgIpc) is 2.74. The predicted octanol–water partition coefficient (Wildman–Crippen LogP) is 3.54. The number of benzene rings is 2. The zero-order chi connectivity index (χ0) is 21.9. The molecule has 7 heteroatoms. The number of aliphatic imine (C=N–C) groups is 1. The number of nitrogens with one attached hydrogen (secondary N) is 2. The van der Waals surface area contributed by atoms with Gasteiger partial charge in [-0.25, -0.2) is 4.99 Å². The highest BCUT2D eigenvalue weighted by atomic mass is 16.5. The van der Waals surface area contributed by atoms with Gasteiger partial charge in [0.15, 0.2) is 17.5 Å². The zero-order valence-electron chi connectivity index (χ0n) is 18.7. The van der Waals surface area contributed by atoms with Gasteiger partial charge in [-0.15, -0.1) is 0 Å². The maximum Gasteiger partial charge on any atom is 0.203 e. The fourth-order valence-electron chi connectivity index (χ4n) is 2.94. The molecule has 2 rings (SSSR count). The van der Waals surface area contributed by atoms with E-state index in [4.69, 9.17) is 18.9 Å². The third-order valence-electron chi connectivity index (χ3n) is 4.37. The Labute approximate surface area is 179 Å². The molecule has 7 nitrogen and oxygen atoms in total. The van der Waals surface area contributed by atoms with Gasteiger partial charge in [-0.3, -0.25) is 0 Å². The van der Waals surface area contributed by atoms with E-state index in [2.05, 4.69) is 28.6 Å². The summed E-state index contributed by atoms with van der Waals surface area (Å²) in [5, 5.41) is 6.59. The van der Waals surface area contributed by atoms with E-state index in [1.807, 2.05) is 44.2 Å². The molecule has 0 spiro atoms. The molecule has 1 atom stereocenters. The van der Waals surface area contributed by atoms with Crippen molar-refractivity contribution in [1.82, 2.24) is 10.6 Å². The topological polar surface area (TPSA) is 73.3 Å². The predicted molar refractivity (Wildman–Crippen MR) is 120 cm³/mol. The van der Waals surface area contributed by atoms with Crippen molar-refractivity contribution >= 4 is 5.96 Å². The van der Waals surface area contributed by atoms with E-state index >= 15 is 0 Å². The molecule has 0 fully saturated rings. The first-order valence-electron chi connectivity index (χ1n) is 10.0. The van der Waals surface area contributed by atoms with E-state index in [-0.39, 0.29) is 6.10 Å². The summed E-state index contributed by atoms with van der Waals surface area (Å²) in [6.45, 7) is 7.94. The summed E-state index contributed by atoms with van der Waals surface area (Å²) in [5.41, 5.74) is 2.12. The first kappa shape index (κ1) is 23.2. The molecule has 0 saturated heterocycles. The number of hydrogen-bond donors (Lipinski definition) is 2. The zero-order valence-corrected chi connectivity index (χ0v) is 18.7. The Morgan fingerprint density at radius 2 is 1.70 bits per heavy atom. The quantitative estimate of drug-likeness (QED) is 0.457. The number of ether oxygens (including phenoxy) is 4. The lowest BCUT2D eigenvalue weighted by Crippen LogP contribution is -2.41. The van der Waals surface area contributed by atoms with E-state index < -0.39 is 0 Å². The summed E-state index contributed by atoms with van der Waals surface area (Å²) in [6.07, 6.45) is -0.0168. The van der Waals surface area contributed by atoms with Crippen molar-refractivity contribution in [3.05, 3.63) is 47.5 Å². The lowest BCUT2D eigenvalue weighted by Gasteiger charge is -2.18. The van der Waals surface area contributed by atoms with Crippen LogP contribution in [0.1, 0.15) is 25.0 Å². The van der Waals surface area contributed by atoms with Crippen LogP contribution in [0.2, 0.25) is 0 Å². The molecular formula is C23H33N3O4. The first-order valence-corrected chi connectivity index (χ1v) is 10.0. The molecule has 0 aromatic heterocycles. The maximum atomic E-state index is 5.98. The number of rotatable bonds is 10. The number of hydrogen-bond acceptors (Lipinski definition) is 5. The first-order chi connectivity index (χ1) is 14.5. The molecule has 0 bridgehead atoms. The third-order valence-corrected chi connectivity index (χ3v) is 4.37. The molecule has 1 unspecified atom stereocenters. The van der Waals surface area contributed by atoms with Gasteiger partial charge in [-0.2, -0.15) is 0 Å². The second-order valence-corrected chi connectivity index (χ2v) is 6.85. The van der Waals surface area contributed by atoms with Gasteiger partial charge in [-0.05, 0) is 56.2 Å². The maximum absolute atomic E-state index is 5.98. The van der Waals surface area contributed by atoms with Crippen LogP contribution in [0.15, 0.2) is 41.4 Å². The number of nitrogens with zero attached hydrogens (tertiary/aromatic N) is 1. The van der Waals surface area contributed by atoms with E-state index in [0.29, 0.717) is 36.3 Å². The lowest BCUT2D eigenvalue weighted by atomic mass is 10.2. The van der Waals surface area contributed by atoms with E-state index in [1.54, 1.807) is 21.3 Å². The standard InChI is InChI=1S/C23H33N3O4/c1-7-24-23(25-14-17(3)30-19-10-8-9-16(2)11-19)26-15-18-12-20(27-4)22(29-6)21(13-18)28-5/h8-13,17H,7,14-15H2,1-6H3,(H2,24,25,26). The molecule has 0 heterocycles. The average molecular weight is 416 g/mol. The highest BCUT2D eigenvalue weighted by Crippen LogP contribution is 2.38. The summed E-state index contributed by atoms with van der Waals surface area (Å²) < 4.78 is 22.2. The van der Waals surface area contributed by atoms with Crippen molar-refractivity contribution in [1.29, 1.82) is 0 Å². The van der Waals surface area contributed by atoms with Crippen LogP contribution < -0.4 is 29.6 Å². The molecule has 30 heavy (non-hydrogen) atoms. The van der Waals surface area contributed by atoms with Crippen LogP contribution in [0, 0.1) is 6.92 Å². The minimum absolute atomic E-state index is 0.0168. The molecular weight excluding hydrogens is 382 g/mol. The Balaban J connectivity index is 2.03. The van der Waals surface area contributed by atoms with Gasteiger partial charge in [0.2, 0.25) is 5.75 Å². The van der Waals surface area contributed by atoms with Gasteiger partial charge in [0.25, 0.3) is 0 Å². The normalized spacial score (nSPS) is 12.1. The molecule has 2 N–H and O–H groups in total. The second kappa shape index (κ2) is 11.8. The summed E-state index contributed by atoms with van der Waals surface area (Å²) in [6, 6.07) is 11.8. The highest BCUT2D eigenvalue weighted by Gasteiger charge is 2.13. The largest absolute Gasteiger partial charge is 0.493 e. The molecule has 0 aliphatic heterocycles. The lowest BCUT2D eigenvalue weighted by molar-refractivity contribution is 0.223. The van der Waals surface area contributed by atoms with Crippen molar-refractivity contribution in [2.24, 2.45) is 4.99 Å². The van der Waals surface area contributed by atoms with Crippen molar-refractivity contribution in [2.75, 3.05) is 34.4 Å². The Morgan fingerprint density at radius 1 is 1.00 bits per heavy atom. The second-order valence-electron chi connectivity index (χ2n) is 6.85. The number of guanidine groups is 1. The molecule has 0 amide bonds. The van der Waals surface area contributed by atoms with Crippen molar-refractivity contribution in [3.8, 4) is 23.0 Å². The summed E-state index contributed by atoms with van der Waals surface area (Å²) in [7, 11) is 4.79. The van der Waals surface area contributed by atoms with Gasteiger partial charge in [0, 0.05) is 6.54 Å². The van der Waals surface area contributed by atoms with Crippen LogP contribution in [-0.2, 0) is 6.54 Å². The van der Waals surface area contributed by atoms with E-state index in [0.717, 1.165) is 17.9 Å². The Kier molecular flexibility index (Phi) is 9.12. The Morgan fingerprint density at radius 3 is 2.27 bits per heavy atom. The van der Waals surface area contributed by atoms with Crippen molar-refractivity contribution < 1.29 is 18.9 Å². The van der Waals surface area contributed by atoms with Crippen LogP contribution >= 0.6 is 0 Å². The van der Waals surface area contributed by atoms with Gasteiger partial charge in [-0.1, -0.05) is 12.1 Å². The fourth-order valence-corrected chi connectivity index (χ4v) is 2.94. The fraction of sp³-hybridized carbons (Fsp3) is 0.435. The van der Waals surface area contributed by atoms with Crippen molar-refractivity contribution in [3.63, 3.8) is 0 Å². The minimum Gasteiger partial charge on any atom is -0.493 e. The highest BCUT2D eigenvalue weighted by molar-refractivity contribution is 5.79. The monoisotopic (exact) mass is 415 g/mol. The van der Waals surface area contributed by atoms with Gasteiger partial charge >= 0.3 is 0 Å².